The molecule has 0 saturated heterocycles. The molecule has 0 bridgehead atoms. The maximum absolute atomic E-state index is 11.0. The van der Waals surface area contributed by atoms with Crippen molar-refractivity contribution in [2.24, 2.45) is 5.16 Å². The van der Waals surface area contributed by atoms with Crippen LogP contribution in [-0.2, 0) is 9.63 Å². The number of carbonyl (C=O) groups excluding carboxylic acids is 1. The van der Waals surface area contributed by atoms with Crippen molar-refractivity contribution in [2.45, 2.75) is 33.6 Å². The van der Waals surface area contributed by atoms with Crippen LogP contribution < -0.4 is 0 Å². The number of nitrogens with zero attached hydrogens (tertiary/aromatic N) is 1. The van der Waals surface area contributed by atoms with Crippen LogP contribution in [0.4, 0.5) is 0 Å². The Balaban J connectivity index is 2.55. The zero-order valence-corrected chi connectivity index (χ0v) is 13.5. The smallest absolute Gasteiger partial charge is 0.319 e. The molecule has 3 nitrogen and oxygen atoms in total. The zero-order chi connectivity index (χ0) is 16.1. The molecule has 0 amide bonds. The lowest BCUT2D eigenvalue weighted by Crippen LogP contribution is -2.14. The van der Waals surface area contributed by atoms with E-state index in [0.717, 1.165) is 5.71 Å². The van der Waals surface area contributed by atoms with Gasteiger partial charge in [0.15, 0.2) is 0 Å². The van der Waals surface area contributed by atoms with Crippen LogP contribution >= 0.6 is 0 Å². The second kappa shape index (κ2) is 7.03. The van der Waals surface area contributed by atoms with Crippen molar-refractivity contribution in [3.8, 4) is 0 Å². The molecule has 0 aromatic heterocycles. The molecule has 114 valence electrons. The highest BCUT2D eigenvalue weighted by Crippen LogP contribution is 2.30. The van der Waals surface area contributed by atoms with Gasteiger partial charge in [-0.05, 0) is 43.0 Å². The van der Waals surface area contributed by atoms with Gasteiger partial charge in [0.1, 0.15) is 0 Å². The molecular weight excluding hydrogens is 274 g/mol. The Hall–Kier alpha value is -2.42. The Kier molecular flexibility index (Phi) is 5.10. The van der Waals surface area contributed by atoms with Crippen LogP contribution in [0.15, 0.2) is 53.7 Å². The van der Waals surface area contributed by atoms with E-state index in [1.54, 1.807) is 0 Å². The highest BCUT2D eigenvalue weighted by molar-refractivity contribution is 5.92. The molecule has 0 spiro atoms. The fourth-order valence-electron chi connectivity index (χ4n) is 2.63. The summed E-state index contributed by atoms with van der Waals surface area (Å²) < 4.78 is 0. The summed E-state index contributed by atoms with van der Waals surface area (Å²) in [7, 11) is 0. The summed E-state index contributed by atoms with van der Waals surface area (Å²) in [5, 5.41) is 4.03. The lowest BCUT2D eigenvalue weighted by atomic mass is 9.83. The first-order valence-corrected chi connectivity index (χ1v) is 7.34. The molecule has 2 aromatic carbocycles. The molecule has 22 heavy (non-hydrogen) atoms. The maximum atomic E-state index is 11.0. The molecule has 0 aliphatic heterocycles. The molecule has 3 heteroatoms. The minimum absolute atomic E-state index is 0.0262. The molecule has 0 heterocycles. The van der Waals surface area contributed by atoms with Gasteiger partial charge in [0.05, 0.1) is 11.6 Å². The van der Waals surface area contributed by atoms with E-state index in [2.05, 4.69) is 43.3 Å². The number of hydrogen-bond acceptors (Lipinski definition) is 3. The molecule has 2 aromatic rings. The Labute approximate surface area is 131 Å². The molecule has 0 aliphatic rings. The van der Waals surface area contributed by atoms with E-state index in [9.17, 15) is 4.79 Å². The third-order valence-corrected chi connectivity index (χ3v) is 3.73. The molecule has 0 N–H and O–H groups in total. The minimum atomic E-state index is -0.410. The average molecular weight is 295 g/mol. The van der Waals surface area contributed by atoms with E-state index in [1.165, 1.54) is 29.2 Å². The average Bonchev–Trinajstić information content (AvgIpc) is 2.49. The van der Waals surface area contributed by atoms with E-state index >= 15 is 0 Å². The minimum Gasteiger partial charge on any atom is -0.319 e. The summed E-state index contributed by atoms with van der Waals surface area (Å²) in [6, 6.07) is 16.4. The number of rotatable bonds is 4. The lowest BCUT2D eigenvalue weighted by molar-refractivity contribution is -0.140. The molecule has 0 fully saturated rings. The fraction of sp³-hybridized carbons (Fsp3) is 0.263. The molecule has 2 rings (SSSR count). The predicted molar refractivity (Wildman–Crippen MR) is 89.1 cm³/mol. The van der Waals surface area contributed by atoms with Gasteiger partial charge in [-0.1, -0.05) is 53.7 Å². The van der Waals surface area contributed by atoms with E-state index in [4.69, 9.17) is 4.84 Å². The molecule has 0 atom stereocenters. The first kappa shape index (κ1) is 16.0. The van der Waals surface area contributed by atoms with E-state index in [0.29, 0.717) is 0 Å². The Morgan fingerprint density at radius 3 is 1.77 bits per heavy atom. The van der Waals surface area contributed by atoms with E-state index < -0.39 is 5.97 Å². The van der Waals surface area contributed by atoms with Crippen LogP contribution in [0.25, 0.3) is 0 Å². The number of benzene rings is 2. The molecule has 0 saturated carbocycles. The third-order valence-electron chi connectivity index (χ3n) is 3.73. The largest absolute Gasteiger partial charge is 0.331 e. The van der Waals surface area contributed by atoms with Crippen molar-refractivity contribution in [2.75, 3.05) is 0 Å². The van der Waals surface area contributed by atoms with Gasteiger partial charge in [0.2, 0.25) is 0 Å². The highest BCUT2D eigenvalue weighted by atomic mass is 16.7. The maximum Gasteiger partial charge on any atom is 0.331 e. The van der Waals surface area contributed by atoms with Gasteiger partial charge in [-0.15, -0.1) is 0 Å². The SMILES string of the molecule is CC(=O)O/N=C(\C)C(c1ccccc1C)c1ccccc1C. The zero-order valence-electron chi connectivity index (χ0n) is 13.5. The number of hydrogen-bond donors (Lipinski definition) is 0. The predicted octanol–water partition coefficient (Wildman–Crippen LogP) is 4.37. The highest BCUT2D eigenvalue weighted by Gasteiger charge is 2.21. The van der Waals surface area contributed by atoms with Gasteiger partial charge >= 0.3 is 5.97 Å². The number of carbonyl (C=O) groups is 1. The monoisotopic (exact) mass is 295 g/mol. The van der Waals surface area contributed by atoms with Gasteiger partial charge in [0, 0.05) is 6.92 Å². The van der Waals surface area contributed by atoms with Crippen molar-refractivity contribution in [3.63, 3.8) is 0 Å². The molecule has 0 radical (unpaired) electrons. The molecular formula is C19H21NO2. The topological polar surface area (TPSA) is 38.7 Å². The second-order valence-corrected chi connectivity index (χ2v) is 5.46. The quantitative estimate of drug-likeness (QED) is 0.477. The van der Waals surface area contributed by atoms with Crippen molar-refractivity contribution < 1.29 is 9.63 Å². The van der Waals surface area contributed by atoms with Gasteiger partial charge in [-0.25, -0.2) is 4.79 Å². The van der Waals surface area contributed by atoms with Crippen LogP contribution in [-0.4, -0.2) is 11.7 Å². The number of oxime groups is 1. The van der Waals surface area contributed by atoms with Crippen LogP contribution in [0, 0.1) is 13.8 Å². The summed E-state index contributed by atoms with van der Waals surface area (Å²) in [4.78, 5) is 15.9. The van der Waals surface area contributed by atoms with Gasteiger partial charge in [-0.2, -0.15) is 0 Å². The summed E-state index contributed by atoms with van der Waals surface area (Å²) in [5.74, 6) is -0.436. The molecule has 0 unspecified atom stereocenters. The first-order chi connectivity index (χ1) is 10.5. The summed E-state index contributed by atoms with van der Waals surface area (Å²) >= 11 is 0. The normalized spacial score (nSPS) is 11.6. The van der Waals surface area contributed by atoms with Crippen LogP contribution in [0.3, 0.4) is 0 Å². The van der Waals surface area contributed by atoms with Crippen LogP contribution in [0.5, 0.6) is 0 Å². The summed E-state index contributed by atoms with van der Waals surface area (Å²) in [6.45, 7) is 7.42. The number of aryl methyl sites for hydroxylation is 2. The Bertz CT molecular complexity index is 659. The standard InChI is InChI=1S/C19H21NO2/c1-13-9-5-7-11-17(13)19(15(3)20-22-16(4)21)18-12-8-6-10-14(18)2/h5-12,19H,1-4H3/b20-15+. The third kappa shape index (κ3) is 3.61. The van der Waals surface area contributed by atoms with Crippen molar-refractivity contribution in [3.05, 3.63) is 70.8 Å². The van der Waals surface area contributed by atoms with Crippen molar-refractivity contribution >= 4 is 11.7 Å². The summed E-state index contributed by atoms with van der Waals surface area (Å²) in [6.07, 6.45) is 0. The summed E-state index contributed by atoms with van der Waals surface area (Å²) in [5.41, 5.74) is 5.48. The van der Waals surface area contributed by atoms with Gasteiger partial charge < -0.3 is 4.84 Å². The van der Waals surface area contributed by atoms with Crippen molar-refractivity contribution in [1.29, 1.82) is 0 Å². The first-order valence-electron chi connectivity index (χ1n) is 7.34. The van der Waals surface area contributed by atoms with E-state index in [1.807, 2.05) is 31.2 Å². The van der Waals surface area contributed by atoms with E-state index in [-0.39, 0.29) is 5.92 Å². The Morgan fingerprint density at radius 1 is 0.909 bits per heavy atom. The van der Waals surface area contributed by atoms with Crippen LogP contribution in [0.2, 0.25) is 0 Å². The second-order valence-electron chi connectivity index (χ2n) is 5.46. The van der Waals surface area contributed by atoms with Gasteiger partial charge in [0.25, 0.3) is 0 Å². The van der Waals surface area contributed by atoms with Crippen LogP contribution in [0.1, 0.15) is 42.0 Å². The van der Waals surface area contributed by atoms with Gasteiger partial charge in [-0.3, -0.25) is 0 Å². The molecule has 0 aliphatic carbocycles. The van der Waals surface area contributed by atoms with Crippen molar-refractivity contribution in [1.82, 2.24) is 0 Å². The fourth-order valence-corrected chi connectivity index (χ4v) is 2.63. The lowest BCUT2D eigenvalue weighted by Gasteiger charge is -2.21. The Morgan fingerprint density at radius 2 is 1.36 bits per heavy atom.